The summed E-state index contributed by atoms with van der Waals surface area (Å²) in [5, 5.41) is 12.5. The van der Waals surface area contributed by atoms with Gasteiger partial charge in [0.05, 0.1) is 0 Å². The minimum atomic E-state index is -1.59. The van der Waals surface area contributed by atoms with Crippen LogP contribution in [0, 0.1) is 11.3 Å². The summed E-state index contributed by atoms with van der Waals surface area (Å²) in [6.45, 7) is 9.54. The molecule has 1 amide bonds. The Balaban J connectivity index is 1.64. The number of benzene rings is 2. The van der Waals surface area contributed by atoms with Gasteiger partial charge in [-0.15, -0.1) is 0 Å². The van der Waals surface area contributed by atoms with Gasteiger partial charge in [-0.05, 0) is 0 Å². The second-order valence-electron chi connectivity index (χ2n) is 9.04. The molecular formula is C28H32ClIN4O. The van der Waals surface area contributed by atoms with Crippen molar-refractivity contribution in [3.8, 4) is 6.07 Å². The topological polar surface area (TPSA) is 59.4 Å². The second kappa shape index (κ2) is 11.2. The average Bonchev–Trinajstić information content (AvgIpc) is 2.87. The van der Waals surface area contributed by atoms with Crippen molar-refractivity contribution in [2.75, 3.05) is 31.6 Å². The van der Waals surface area contributed by atoms with Crippen LogP contribution in [0.2, 0.25) is 5.02 Å². The molecule has 2 unspecified atom stereocenters. The number of nitrogens with one attached hydrogen (secondary N) is 1. The fraction of sp³-hybridized carbons (Fsp3) is 0.357. The van der Waals surface area contributed by atoms with Gasteiger partial charge in [-0.3, -0.25) is 0 Å². The number of amides is 1. The van der Waals surface area contributed by atoms with E-state index in [2.05, 4.69) is 70.3 Å². The maximum atomic E-state index is 12.1. The second-order valence-corrected chi connectivity index (χ2v) is 15.7. The summed E-state index contributed by atoms with van der Waals surface area (Å²) in [5.74, 6) is -0.129. The van der Waals surface area contributed by atoms with E-state index in [0.717, 1.165) is 25.3 Å². The number of anilines is 1. The third-order valence-corrected chi connectivity index (χ3v) is 13.7. The number of hydrogen-bond acceptors (Lipinski definition) is 4. The summed E-state index contributed by atoms with van der Waals surface area (Å²) < 4.78 is 3.45. The first-order chi connectivity index (χ1) is 16.8. The molecule has 35 heavy (non-hydrogen) atoms. The molecule has 2 heterocycles. The molecule has 3 atom stereocenters. The zero-order valence-corrected chi connectivity index (χ0v) is 23.5. The van der Waals surface area contributed by atoms with Crippen LogP contribution in [-0.2, 0) is 0 Å². The van der Waals surface area contributed by atoms with Crippen LogP contribution in [0.5, 0.6) is 0 Å². The van der Waals surface area contributed by atoms with Crippen molar-refractivity contribution in [1.82, 2.24) is 10.2 Å². The minimum absolute atomic E-state index is 0.129. The molecule has 5 nitrogen and oxygen atoms in total. The number of nitrogens with zero attached hydrogens (tertiary/aromatic N) is 3. The number of rotatable bonds is 5. The number of hydrogen-bond donors (Lipinski definition) is 1. The summed E-state index contributed by atoms with van der Waals surface area (Å²) in [6, 6.07) is 16.1. The number of carbonyl (C=O) groups excluding carboxylic acids is 1. The number of nitriles is 1. The molecule has 0 aromatic heterocycles. The molecule has 1 N–H and O–H groups in total. The first-order valence-electron chi connectivity index (χ1n) is 11.9. The van der Waals surface area contributed by atoms with E-state index in [4.69, 9.17) is 16.9 Å². The summed E-state index contributed by atoms with van der Waals surface area (Å²) >= 11 is 5.19. The van der Waals surface area contributed by atoms with Crippen LogP contribution in [0.25, 0.3) is 0 Å². The van der Waals surface area contributed by atoms with Crippen LogP contribution >= 0.6 is 31.4 Å². The van der Waals surface area contributed by atoms with Gasteiger partial charge in [0, 0.05) is 0 Å². The van der Waals surface area contributed by atoms with Crippen LogP contribution < -0.4 is 10.2 Å². The molecule has 2 aliphatic rings. The third kappa shape index (κ3) is 5.58. The molecule has 4 rings (SSSR count). The molecule has 0 bridgehead atoms. The average molecular weight is 603 g/mol. The molecule has 2 aromatic rings. The summed E-state index contributed by atoms with van der Waals surface area (Å²) in [7, 11) is 1.63. The van der Waals surface area contributed by atoms with Crippen molar-refractivity contribution >= 4 is 43.0 Å². The normalized spacial score (nSPS) is 22.3. The SMILES string of the molecule is CNC(=O)c1ccc(N2CCN([C@H](C)c3ccc(C#N)cc3)CC2I2C=CC(C)=CC2C)c(Cl)c1. The predicted octanol–water partition coefficient (Wildman–Crippen LogP) is 6.15. The molecule has 1 saturated heterocycles. The van der Waals surface area contributed by atoms with E-state index in [9.17, 15) is 4.79 Å². The van der Waals surface area contributed by atoms with Gasteiger partial charge in [-0.25, -0.2) is 0 Å². The number of allylic oxidation sites excluding steroid dienone is 3. The van der Waals surface area contributed by atoms with Gasteiger partial charge in [0.15, 0.2) is 0 Å². The Labute approximate surface area is 220 Å². The first kappa shape index (κ1) is 25.7. The van der Waals surface area contributed by atoms with Crippen LogP contribution in [0.15, 0.2) is 64.3 Å². The van der Waals surface area contributed by atoms with E-state index in [1.54, 1.807) is 13.1 Å². The molecule has 0 spiro atoms. The molecular weight excluding hydrogens is 571 g/mol. The van der Waals surface area contributed by atoms with Crippen molar-refractivity contribution in [1.29, 1.82) is 5.26 Å². The summed E-state index contributed by atoms with van der Waals surface area (Å²) in [6.07, 6.45) is 4.71. The quantitative estimate of drug-likeness (QED) is 0.253. The Hall–Kier alpha value is -2.34. The number of alkyl halides is 2. The maximum absolute atomic E-state index is 12.1. The van der Waals surface area contributed by atoms with Gasteiger partial charge in [0.1, 0.15) is 0 Å². The van der Waals surface area contributed by atoms with Gasteiger partial charge < -0.3 is 0 Å². The van der Waals surface area contributed by atoms with E-state index in [0.29, 0.717) is 24.1 Å². The zero-order chi connectivity index (χ0) is 25.1. The monoisotopic (exact) mass is 602 g/mol. The summed E-state index contributed by atoms with van der Waals surface area (Å²) in [5.41, 5.74) is 4.85. The number of carbonyl (C=O) groups is 1. The van der Waals surface area contributed by atoms with Crippen LogP contribution in [-0.4, -0.2) is 45.5 Å². The molecule has 0 aliphatic carbocycles. The molecule has 0 saturated carbocycles. The molecule has 1 fully saturated rings. The first-order valence-corrected chi connectivity index (χ1v) is 16.0. The van der Waals surface area contributed by atoms with Crippen molar-refractivity contribution in [2.24, 2.45) is 0 Å². The zero-order valence-electron chi connectivity index (χ0n) is 20.6. The van der Waals surface area contributed by atoms with Gasteiger partial charge in [0.2, 0.25) is 0 Å². The van der Waals surface area contributed by atoms with Crippen molar-refractivity contribution in [3.05, 3.63) is 86.0 Å². The Morgan fingerprint density at radius 2 is 1.97 bits per heavy atom. The fourth-order valence-corrected chi connectivity index (χ4v) is 11.8. The number of halogens is 2. The van der Waals surface area contributed by atoms with E-state index in [1.165, 1.54) is 11.1 Å². The molecule has 2 aliphatic heterocycles. The van der Waals surface area contributed by atoms with Gasteiger partial charge >= 0.3 is 222 Å². The fourth-order valence-electron chi connectivity index (χ4n) is 4.76. The van der Waals surface area contributed by atoms with Crippen LogP contribution in [0.4, 0.5) is 5.69 Å². The van der Waals surface area contributed by atoms with Crippen molar-refractivity contribution in [3.63, 3.8) is 0 Å². The van der Waals surface area contributed by atoms with Gasteiger partial charge in [-0.1, -0.05) is 0 Å². The Morgan fingerprint density at radius 3 is 2.60 bits per heavy atom. The molecule has 2 aromatic carbocycles. The van der Waals surface area contributed by atoms with E-state index in [-0.39, 0.29) is 11.9 Å². The van der Waals surface area contributed by atoms with E-state index in [1.807, 2.05) is 24.3 Å². The van der Waals surface area contributed by atoms with Crippen molar-refractivity contribution < 1.29 is 4.79 Å². The van der Waals surface area contributed by atoms with Gasteiger partial charge in [0.25, 0.3) is 0 Å². The Morgan fingerprint density at radius 1 is 1.23 bits per heavy atom. The molecule has 184 valence electrons. The predicted molar refractivity (Wildman–Crippen MR) is 154 cm³/mol. The van der Waals surface area contributed by atoms with Gasteiger partial charge in [-0.2, -0.15) is 0 Å². The van der Waals surface area contributed by atoms with E-state index >= 15 is 0 Å². The van der Waals surface area contributed by atoms with Crippen molar-refractivity contribution in [2.45, 2.75) is 34.8 Å². The molecule has 0 radical (unpaired) electrons. The Bertz CT molecular complexity index is 1190. The van der Waals surface area contributed by atoms with E-state index < -0.39 is 19.8 Å². The summed E-state index contributed by atoms with van der Waals surface area (Å²) in [4.78, 5) is 17.2. The number of piperazine rings is 1. The molecule has 7 heteroatoms. The van der Waals surface area contributed by atoms with Crippen LogP contribution in [0.1, 0.15) is 48.3 Å². The standard InChI is InChI=1S/C28H32ClIN4O/c1-19-11-12-30(20(2)15-19)27-18-33(21(3)23-7-5-22(17-31)6-8-23)13-14-34(27)26-10-9-24(16-25(26)29)28(35)32-4/h5-12,15-16,20-21,27H,13-14,18H2,1-4H3,(H,32,35)/t20?,21-,27?/m1/s1. The Kier molecular flexibility index (Phi) is 8.20. The van der Waals surface area contributed by atoms with Crippen LogP contribution in [0.3, 0.4) is 0 Å². The third-order valence-electron chi connectivity index (χ3n) is 6.82.